The molecule has 2 amide bonds. The fraction of sp³-hybridized carbons (Fsp3) is 0.455. The van der Waals surface area contributed by atoms with E-state index >= 15 is 0 Å². The molecule has 8 heteroatoms. The molecule has 2 unspecified atom stereocenters. The molecule has 158 valence electrons. The van der Waals surface area contributed by atoms with Gasteiger partial charge in [0.25, 0.3) is 0 Å². The van der Waals surface area contributed by atoms with E-state index in [4.69, 9.17) is 0 Å². The summed E-state index contributed by atoms with van der Waals surface area (Å²) in [7, 11) is 0. The fourth-order valence-corrected chi connectivity index (χ4v) is 4.54. The van der Waals surface area contributed by atoms with Crippen molar-refractivity contribution in [3.8, 4) is 11.1 Å². The number of benzene rings is 1. The average molecular weight is 409 g/mol. The van der Waals surface area contributed by atoms with Crippen LogP contribution in [0.1, 0.15) is 51.1 Å². The van der Waals surface area contributed by atoms with Crippen molar-refractivity contribution in [2.75, 3.05) is 22.9 Å². The molecule has 2 aliphatic heterocycles. The number of amides is 2. The van der Waals surface area contributed by atoms with E-state index in [0.29, 0.717) is 6.42 Å². The van der Waals surface area contributed by atoms with Gasteiger partial charge in [-0.05, 0) is 55.9 Å². The average Bonchev–Trinajstić information content (AvgIpc) is 2.73. The van der Waals surface area contributed by atoms with Crippen LogP contribution < -0.4 is 15.1 Å². The second-order valence-corrected chi connectivity index (χ2v) is 8.07. The molecule has 1 fully saturated rings. The molecule has 30 heavy (non-hydrogen) atoms. The minimum absolute atomic E-state index is 0.0560. The molecule has 2 aliphatic rings. The topological polar surface area (TPSA) is 98.7 Å². The van der Waals surface area contributed by atoms with Crippen LogP contribution in [0.15, 0.2) is 30.6 Å². The number of fused-ring (bicyclic) bond motifs is 1. The van der Waals surface area contributed by atoms with Gasteiger partial charge in [-0.2, -0.15) is 0 Å². The lowest BCUT2D eigenvalue weighted by Gasteiger charge is -2.39. The summed E-state index contributed by atoms with van der Waals surface area (Å²) in [5.41, 5.74) is 3.30. The van der Waals surface area contributed by atoms with Crippen molar-refractivity contribution in [3.05, 3.63) is 36.2 Å². The zero-order valence-corrected chi connectivity index (χ0v) is 17.3. The molecule has 2 atom stereocenters. The van der Waals surface area contributed by atoms with E-state index < -0.39 is 6.09 Å². The summed E-state index contributed by atoms with van der Waals surface area (Å²) in [6.07, 6.45) is 6.66. The zero-order chi connectivity index (χ0) is 21.3. The molecular formula is C22H27N5O3. The van der Waals surface area contributed by atoms with E-state index in [-0.39, 0.29) is 18.0 Å². The Kier molecular flexibility index (Phi) is 5.57. The Balaban J connectivity index is 1.67. The number of hydrogen-bond donors (Lipinski definition) is 2. The summed E-state index contributed by atoms with van der Waals surface area (Å²) < 4.78 is 0. The van der Waals surface area contributed by atoms with Crippen LogP contribution in [0.4, 0.5) is 16.4 Å². The maximum Gasteiger partial charge on any atom is 0.405 e. The maximum atomic E-state index is 12.2. The fourth-order valence-electron chi connectivity index (χ4n) is 4.54. The minimum atomic E-state index is -1.07. The van der Waals surface area contributed by atoms with E-state index in [0.717, 1.165) is 41.4 Å². The third kappa shape index (κ3) is 3.94. The van der Waals surface area contributed by atoms with Gasteiger partial charge in [-0.3, -0.25) is 4.79 Å². The van der Waals surface area contributed by atoms with E-state index in [9.17, 15) is 14.7 Å². The second-order valence-electron chi connectivity index (χ2n) is 8.07. The second kappa shape index (κ2) is 8.30. The largest absolute Gasteiger partial charge is 0.465 e. The van der Waals surface area contributed by atoms with Gasteiger partial charge in [0.2, 0.25) is 11.9 Å². The monoisotopic (exact) mass is 409 g/mol. The highest BCUT2D eigenvalue weighted by Crippen LogP contribution is 2.39. The van der Waals surface area contributed by atoms with Crippen molar-refractivity contribution >= 4 is 23.6 Å². The third-order valence-corrected chi connectivity index (χ3v) is 5.93. The Labute approximate surface area is 175 Å². The SMILES string of the molecule is CC(=O)N1c2ccc(-c3cnc(N4CCCCC4)nc3)cc2C(NC(=O)O)CC1C. The van der Waals surface area contributed by atoms with Crippen LogP contribution in [0.2, 0.25) is 0 Å². The Morgan fingerprint density at radius 1 is 1.10 bits per heavy atom. The predicted molar refractivity (Wildman–Crippen MR) is 115 cm³/mol. The Hall–Kier alpha value is -3.16. The Bertz CT molecular complexity index is 940. The lowest BCUT2D eigenvalue weighted by molar-refractivity contribution is -0.117. The van der Waals surface area contributed by atoms with Crippen LogP contribution in [0.3, 0.4) is 0 Å². The van der Waals surface area contributed by atoms with E-state index in [2.05, 4.69) is 20.2 Å². The number of carbonyl (C=O) groups excluding carboxylic acids is 1. The first-order chi connectivity index (χ1) is 14.4. The molecule has 0 bridgehead atoms. The summed E-state index contributed by atoms with van der Waals surface area (Å²) in [6.45, 7) is 5.44. The van der Waals surface area contributed by atoms with Crippen molar-refractivity contribution in [2.45, 2.75) is 51.6 Å². The van der Waals surface area contributed by atoms with Crippen molar-refractivity contribution in [1.82, 2.24) is 15.3 Å². The number of nitrogens with zero attached hydrogens (tertiary/aromatic N) is 4. The van der Waals surface area contributed by atoms with Gasteiger partial charge in [0.05, 0.1) is 6.04 Å². The van der Waals surface area contributed by atoms with Gasteiger partial charge in [0.1, 0.15) is 0 Å². The molecule has 4 rings (SSSR count). The van der Waals surface area contributed by atoms with Gasteiger partial charge in [0.15, 0.2) is 0 Å². The molecule has 0 saturated carbocycles. The van der Waals surface area contributed by atoms with E-state index in [1.165, 1.54) is 26.2 Å². The number of aromatic nitrogens is 2. The van der Waals surface area contributed by atoms with Gasteiger partial charge in [-0.15, -0.1) is 0 Å². The van der Waals surface area contributed by atoms with Crippen LogP contribution >= 0.6 is 0 Å². The van der Waals surface area contributed by atoms with Gasteiger partial charge in [-0.25, -0.2) is 14.8 Å². The third-order valence-electron chi connectivity index (χ3n) is 5.93. The van der Waals surface area contributed by atoms with Crippen molar-refractivity contribution < 1.29 is 14.7 Å². The molecule has 1 saturated heterocycles. The minimum Gasteiger partial charge on any atom is -0.465 e. The molecule has 1 aromatic carbocycles. The normalized spacial score (nSPS) is 21.1. The smallest absolute Gasteiger partial charge is 0.405 e. The molecule has 0 spiro atoms. The number of hydrogen-bond acceptors (Lipinski definition) is 5. The van der Waals surface area contributed by atoms with Gasteiger partial charge >= 0.3 is 6.09 Å². The van der Waals surface area contributed by atoms with Crippen LogP contribution in [0, 0.1) is 0 Å². The van der Waals surface area contributed by atoms with Crippen molar-refractivity contribution in [3.63, 3.8) is 0 Å². The highest BCUT2D eigenvalue weighted by Gasteiger charge is 2.33. The quantitative estimate of drug-likeness (QED) is 0.804. The van der Waals surface area contributed by atoms with Crippen LogP contribution in [0.25, 0.3) is 11.1 Å². The number of anilines is 2. The first kappa shape index (κ1) is 20.1. The number of piperidine rings is 1. The molecular weight excluding hydrogens is 382 g/mol. The first-order valence-corrected chi connectivity index (χ1v) is 10.4. The summed E-state index contributed by atoms with van der Waals surface area (Å²) in [5.74, 6) is 0.693. The number of carbonyl (C=O) groups is 2. The van der Waals surface area contributed by atoms with Crippen LogP contribution in [-0.2, 0) is 4.79 Å². The molecule has 3 heterocycles. The maximum absolute atomic E-state index is 12.2. The Morgan fingerprint density at radius 2 is 1.80 bits per heavy atom. The number of rotatable bonds is 3. The summed E-state index contributed by atoms with van der Waals surface area (Å²) in [6, 6.07) is 5.29. The van der Waals surface area contributed by atoms with E-state index in [1.807, 2.05) is 37.5 Å². The lowest BCUT2D eigenvalue weighted by Crippen LogP contribution is -2.45. The summed E-state index contributed by atoms with van der Waals surface area (Å²) >= 11 is 0. The highest BCUT2D eigenvalue weighted by atomic mass is 16.4. The molecule has 1 aromatic heterocycles. The first-order valence-electron chi connectivity index (χ1n) is 10.4. The van der Waals surface area contributed by atoms with E-state index in [1.54, 1.807) is 4.90 Å². The van der Waals surface area contributed by atoms with Crippen LogP contribution in [-0.4, -0.2) is 46.2 Å². The summed E-state index contributed by atoms with van der Waals surface area (Å²) in [5, 5.41) is 11.9. The van der Waals surface area contributed by atoms with Gasteiger partial charge in [-0.1, -0.05) is 6.07 Å². The molecule has 2 N–H and O–H groups in total. The predicted octanol–water partition coefficient (Wildman–Crippen LogP) is 3.59. The number of nitrogens with one attached hydrogen (secondary N) is 1. The zero-order valence-electron chi connectivity index (χ0n) is 17.3. The van der Waals surface area contributed by atoms with Crippen molar-refractivity contribution in [2.24, 2.45) is 0 Å². The van der Waals surface area contributed by atoms with Crippen LogP contribution in [0.5, 0.6) is 0 Å². The standard InChI is InChI=1S/C22H27N5O3/c1-14-10-19(25-22(29)30)18-11-16(6-7-20(18)27(14)15(2)28)17-12-23-21(24-13-17)26-8-4-3-5-9-26/h6-7,11-14,19,25H,3-5,8-10H2,1-2H3,(H,29,30). The molecule has 2 aromatic rings. The highest BCUT2D eigenvalue weighted by molar-refractivity contribution is 5.94. The number of carboxylic acid groups (broad SMARTS) is 1. The molecule has 0 radical (unpaired) electrons. The van der Waals surface area contributed by atoms with Gasteiger partial charge in [0, 0.05) is 49.7 Å². The lowest BCUT2D eigenvalue weighted by atomic mass is 9.89. The van der Waals surface area contributed by atoms with Gasteiger partial charge < -0.3 is 20.2 Å². The van der Waals surface area contributed by atoms with Crippen molar-refractivity contribution in [1.29, 1.82) is 0 Å². The summed E-state index contributed by atoms with van der Waals surface area (Å²) in [4.78, 5) is 36.6. The molecule has 0 aliphatic carbocycles. The molecule has 8 nitrogen and oxygen atoms in total. The Morgan fingerprint density at radius 3 is 2.43 bits per heavy atom.